The fraction of sp³-hybridized carbons (Fsp3) is 0.267. The summed E-state index contributed by atoms with van der Waals surface area (Å²) in [5.41, 5.74) is 1.81. The van der Waals surface area contributed by atoms with E-state index in [0.29, 0.717) is 18.7 Å². The first-order valence-corrected chi connectivity index (χ1v) is 7.40. The number of allylic oxidation sites excluding steroid dienone is 1. The molecule has 0 bridgehead atoms. The molecule has 0 fully saturated rings. The molecule has 0 aliphatic heterocycles. The summed E-state index contributed by atoms with van der Waals surface area (Å²) in [5, 5.41) is 18.0. The third-order valence-electron chi connectivity index (χ3n) is 2.83. The zero-order valence-electron chi connectivity index (χ0n) is 11.8. The van der Waals surface area contributed by atoms with Crippen molar-refractivity contribution in [3.8, 4) is 6.07 Å². The van der Waals surface area contributed by atoms with Gasteiger partial charge in [-0.2, -0.15) is 5.26 Å². The molecule has 0 aliphatic carbocycles. The summed E-state index contributed by atoms with van der Waals surface area (Å²) in [6.45, 7) is 4.84. The van der Waals surface area contributed by atoms with Gasteiger partial charge in [0.2, 0.25) is 0 Å². The van der Waals surface area contributed by atoms with Gasteiger partial charge in [0.15, 0.2) is 11.0 Å². The molecular formula is C15H16N4OS. The Bertz CT molecular complexity index is 643. The van der Waals surface area contributed by atoms with E-state index in [9.17, 15) is 0 Å². The van der Waals surface area contributed by atoms with E-state index in [0.717, 1.165) is 22.3 Å². The van der Waals surface area contributed by atoms with Crippen LogP contribution in [0.25, 0.3) is 0 Å². The molecule has 5 nitrogen and oxygen atoms in total. The van der Waals surface area contributed by atoms with Crippen LogP contribution in [0.3, 0.4) is 0 Å². The van der Waals surface area contributed by atoms with E-state index in [1.807, 2.05) is 34.9 Å². The largest absolute Gasteiger partial charge is 0.377 e. The van der Waals surface area contributed by atoms with Crippen molar-refractivity contribution in [3.63, 3.8) is 0 Å². The zero-order valence-corrected chi connectivity index (χ0v) is 12.6. The second kappa shape index (κ2) is 7.62. The van der Waals surface area contributed by atoms with Crippen LogP contribution in [-0.4, -0.2) is 21.9 Å². The van der Waals surface area contributed by atoms with Crippen LogP contribution in [0.1, 0.15) is 17.0 Å². The molecule has 6 heteroatoms. The molecule has 21 heavy (non-hydrogen) atoms. The highest BCUT2D eigenvalue weighted by Gasteiger charge is 2.11. The van der Waals surface area contributed by atoms with Crippen molar-refractivity contribution in [3.05, 3.63) is 53.9 Å². The summed E-state index contributed by atoms with van der Waals surface area (Å²) in [7, 11) is 1.64. The maximum absolute atomic E-state index is 8.79. The summed E-state index contributed by atoms with van der Waals surface area (Å²) in [4.78, 5) is 0. The Morgan fingerprint density at radius 1 is 1.38 bits per heavy atom. The number of aromatic nitrogens is 3. The van der Waals surface area contributed by atoms with Crippen LogP contribution in [0.15, 0.2) is 42.1 Å². The number of methoxy groups -OCH3 is 1. The van der Waals surface area contributed by atoms with Crippen LogP contribution in [-0.2, 0) is 23.6 Å². The number of benzene rings is 1. The molecular weight excluding hydrogens is 284 g/mol. The Labute approximate surface area is 128 Å². The molecule has 2 rings (SSSR count). The fourth-order valence-corrected chi connectivity index (χ4v) is 2.72. The van der Waals surface area contributed by atoms with E-state index in [2.05, 4.69) is 22.8 Å². The predicted molar refractivity (Wildman–Crippen MR) is 81.7 cm³/mol. The zero-order chi connectivity index (χ0) is 15.1. The Morgan fingerprint density at radius 3 is 2.76 bits per heavy atom. The highest BCUT2D eigenvalue weighted by atomic mass is 32.2. The molecule has 0 unspecified atom stereocenters. The lowest BCUT2D eigenvalue weighted by Gasteiger charge is -2.07. The molecule has 1 aromatic heterocycles. The molecule has 0 N–H and O–H groups in total. The highest BCUT2D eigenvalue weighted by molar-refractivity contribution is 7.98. The molecule has 0 atom stereocenters. The van der Waals surface area contributed by atoms with Gasteiger partial charge in [0, 0.05) is 19.4 Å². The van der Waals surface area contributed by atoms with Crippen LogP contribution in [0.5, 0.6) is 0 Å². The van der Waals surface area contributed by atoms with Crippen molar-refractivity contribution in [2.24, 2.45) is 0 Å². The first-order chi connectivity index (χ1) is 10.3. The third kappa shape index (κ3) is 3.94. The number of hydrogen-bond acceptors (Lipinski definition) is 5. The molecule has 0 radical (unpaired) electrons. The maximum atomic E-state index is 8.79. The molecule has 108 valence electrons. The third-order valence-corrected chi connectivity index (χ3v) is 3.87. The lowest BCUT2D eigenvalue weighted by Crippen LogP contribution is -2.04. The molecule has 0 saturated heterocycles. The topological polar surface area (TPSA) is 63.7 Å². The highest BCUT2D eigenvalue weighted by Crippen LogP contribution is 2.22. The van der Waals surface area contributed by atoms with Gasteiger partial charge >= 0.3 is 0 Å². The summed E-state index contributed by atoms with van der Waals surface area (Å²) in [5.74, 6) is 1.56. The van der Waals surface area contributed by atoms with E-state index in [4.69, 9.17) is 10.00 Å². The van der Waals surface area contributed by atoms with Crippen LogP contribution < -0.4 is 0 Å². The second-order valence-corrected chi connectivity index (χ2v) is 5.27. The monoisotopic (exact) mass is 300 g/mol. The average molecular weight is 300 g/mol. The number of ether oxygens (including phenoxy) is 1. The minimum atomic E-state index is 0.429. The lowest BCUT2D eigenvalue weighted by atomic mass is 10.2. The van der Waals surface area contributed by atoms with Gasteiger partial charge in [0.1, 0.15) is 6.61 Å². The molecule has 0 spiro atoms. The number of hydrogen-bond donors (Lipinski definition) is 0. The number of thioether (sulfide) groups is 1. The first kappa shape index (κ1) is 15.3. The van der Waals surface area contributed by atoms with Crippen molar-refractivity contribution in [1.29, 1.82) is 5.26 Å². The van der Waals surface area contributed by atoms with Crippen molar-refractivity contribution in [2.45, 2.75) is 24.1 Å². The van der Waals surface area contributed by atoms with Gasteiger partial charge in [-0.3, -0.25) is 0 Å². The summed E-state index contributed by atoms with van der Waals surface area (Å²) in [6.07, 6.45) is 1.81. The van der Waals surface area contributed by atoms with Crippen molar-refractivity contribution >= 4 is 11.8 Å². The lowest BCUT2D eigenvalue weighted by molar-refractivity contribution is 0.174. The van der Waals surface area contributed by atoms with Crippen LogP contribution in [0.4, 0.5) is 0 Å². The molecule has 1 heterocycles. The predicted octanol–water partition coefficient (Wildman–Crippen LogP) is 2.77. The standard InChI is InChI=1S/C15H16N4OS/c1-3-8-19-14(10-20-2)17-18-15(19)21-11-13-6-4-12(9-16)5-7-13/h3-7H,1,8,10-11H2,2H3. The molecule has 0 amide bonds. The summed E-state index contributed by atoms with van der Waals surface area (Å²) in [6, 6.07) is 9.66. The van der Waals surface area contributed by atoms with E-state index in [-0.39, 0.29) is 0 Å². The van der Waals surface area contributed by atoms with Crippen LogP contribution in [0, 0.1) is 11.3 Å². The Balaban J connectivity index is 2.08. The van der Waals surface area contributed by atoms with E-state index in [1.54, 1.807) is 18.9 Å². The average Bonchev–Trinajstić information content (AvgIpc) is 2.89. The Morgan fingerprint density at radius 2 is 2.14 bits per heavy atom. The smallest absolute Gasteiger partial charge is 0.191 e. The van der Waals surface area contributed by atoms with Gasteiger partial charge in [-0.25, -0.2) is 0 Å². The first-order valence-electron chi connectivity index (χ1n) is 6.42. The maximum Gasteiger partial charge on any atom is 0.191 e. The molecule has 0 saturated carbocycles. The van der Waals surface area contributed by atoms with Crippen LogP contribution >= 0.6 is 11.8 Å². The van der Waals surface area contributed by atoms with Gasteiger partial charge in [0.25, 0.3) is 0 Å². The minimum absolute atomic E-state index is 0.429. The van der Waals surface area contributed by atoms with Crippen LogP contribution in [0.2, 0.25) is 0 Å². The SMILES string of the molecule is C=CCn1c(COC)nnc1SCc1ccc(C#N)cc1. The van der Waals surface area contributed by atoms with Gasteiger partial charge < -0.3 is 9.30 Å². The Hall–Kier alpha value is -2.10. The van der Waals surface area contributed by atoms with E-state index < -0.39 is 0 Å². The number of nitrogens with zero attached hydrogens (tertiary/aromatic N) is 4. The normalized spacial score (nSPS) is 10.3. The van der Waals surface area contributed by atoms with Crippen molar-refractivity contribution in [1.82, 2.24) is 14.8 Å². The molecule has 2 aromatic rings. The van der Waals surface area contributed by atoms with Gasteiger partial charge in [-0.05, 0) is 17.7 Å². The van der Waals surface area contributed by atoms with Gasteiger partial charge in [-0.1, -0.05) is 30.0 Å². The van der Waals surface area contributed by atoms with Gasteiger partial charge in [0.05, 0.1) is 11.6 Å². The summed E-state index contributed by atoms with van der Waals surface area (Å²) < 4.78 is 7.11. The molecule has 1 aromatic carbocycles. The van der Waals surface area contributed by atoms with E-state index in [1.165, 1.54) is 0 Å². The van der Waals surface area contributed by atoms with E-state index >= 15 is 0 Å². The second-order valence-electron chi connectivity index (χ2n) is 4.33. The quantitative estimate of drug-likeness (QED) is 0.581. The van der Waals surface area contributed by atoms with Gasteiger partial charge in [-0.15, -0.1) is 16.8 Å². The fourth-order valence-electron chi connectivity index (χ4n) is 1.80. The van der Waals surface area contributed by atoms with Crippen molar-refractivity contribution in [2.75, 3.05) is 7.11 Å². The number of nitriles is 1. The van der Waals surface area contributed by atoms with Crippen molar-refractivity contribution < 1.29 is 4.74 Å². The molecule has 0 aliphatic rings. The minimum Gasteiger partial charge on any atom is -0.377 e. The number of rotatable bonds is 7. The summed E-state index contributed by atoms with van der Waals surface area (Å²) >= 11 is 1.60. The Kier molecular flexibility index (Phi) is 5.55.